The van der Waals surface area contributed by atoms with Crippen molar-refractivity contribution in [3.8, 4) is 0 Å². The van der Waals surface area contributed by atoms with Crippen LogP contribution in [0.15, 0.2) is 53.4 Å². The lowest BCUT2D eigenvalue weighted by Gasteiger charge is -2.28. The molecule has 1 saturated carbocycles. The molecule has 186 valence electrons. The van der Waals surface area contributed by atoms with Crippen molar-refractivity contribution in [3.05, 3.63) is 54.1 Å². The molecule has 0 radical (unpaired) electrons. The Balaban J connectivity index is 1.27. The maximum Gasteiger partial charge on any atom is 0.240 e. The fourth-order valence-electron chi connectivity index (χ4n) is 4.53. The summed E-state index contributed by atoms with van der Waals surface area (Å²) in [6.07, 6.45) is 4.00. The maximum atomic E-state index is 12.6. The van der Waals surface area contributed by atoms with Gasteiger partial charge >= 0.3 is 0 Å². The lowest BCUT2D eigenvalue weighted by Crippen LogP contribution is -2.32. The van der Waals surface area contributed by atoms with E-state index in [2.05, 4.69) is 15.0 Å². The first-order chi connectivity index (χ1) is 16.7. The van der Waals surface area contributed by atoms with Crippen LogP contribution in [0, 0.1) is 11.8 Å². The summed E-state index contributed by atoms with van der Waals surface area (Å²) in [7, 11) is 0.378. The number of hydrogen-bond donors (Lipinski definition) is 2. The van der Waals surface area contributed by atoms with Gasteiger partial charge in [-0.25, -0.2) is 18.1 Å². The van der Waals surface area contributed by atoms with Crippen LogP contribution >= 0.6 is 0 Å². The normalized spacial score (nSPS) is 18.4. The van der Waals surface area contributed by atoms with Gasteiger partial charge in [-0.2, -0.15) is 4.98 Å². The van der Waals surface area contributed by atoms with E-state index in [1.807, 2.05) is 43.3 Å². The first kappa shape index (κ1) is 25.1. The molecule has 1 aromatic heterocycles. The van der Waals surface area contributed by atoms with Gasteiger partial charge in [0.15, 0.2) is 5.78 Å². The van der Waals surface area contributed by atoms with Crippen molar-refractivity contribution in [1.29, 1.82) is 0 Å². The zero-order valence-corrected chi connectivity index (χ0v) is 21.3. The molecule has 1 aliphatic rings. The molecule has 35 heavy (non-hydrogen) atoms. The van der Waals surface area contributed by atoms with E-state index in [9.17, 15) is 13.2 Å². The van der Waals surface area contributed by atoms with Crippen molar-refractivity contribution < 1.29 is 13.2 Å². The second-order valence-electron chi connectivity index (χ2n) is 9.48. The number of rotatable bonds is 9. The predicted molar refractivity (Wildman–Crippen MR) is 139 cm³/mol. The summed E-state index contributed by atoms with van der Waals surface area (Å²) in [5.41, 5.74) is 1.42. The van der Waals surface area contributed by atoms with Crippen LogP contribution < -0.4 is 14.9 Å². The zero-order chi connectivity index (χ0) is 25.0. The highest BCUT2D eigenvalue weighted by atomic mass is 32.2. The number of aromatic nitrogens is 2. The number of anilines is 2. The molecular formula is C26H33N5O3S. The molecule has 1 fully saturated rings. The number of nitrogens with zero attached hydrogens (tertiary/aromatic N) is 3. The van der Waals surface area contributed by atoms with Gasteiger partial charge in [0.2, 0.25) is 16.0 Å². The van der Waals surface area contributed by atoms with Gasteiger partial charge < -0.3 is 10.2 Å². The Morgan fingerprint density at radius 3 is 2.20 bits per heavy atom. The molecule has 9 heteroatoms. The van der Waals surface area contributed by atoms with Crippen LogP contribution in [0.5, 0.6) is 0 Å². The number of fused-ring (bicyclic) bond motifs is 1. The number of sulfonamides is 1. The number of carbonyl (C=O) groups excluding carboxylic acids is 1. The molecule has 2 N–H and O–H groups in total. The highest BCUT2D eigenvalue weighted by Gasteiger charge is 2.24. The van der Waals surface area contributed by atoms with Crippen LogP contribution in [0.25, 0.3) is 10.9 Å². The quantitative estimate of drug-likeness (QED) is 0.431. The van der Waals surface area contributed by atoms with Crippen LogP contribution in [0.2, 0.25) is 0 Å². The summed E-state index contributed by atoms with van der Waals surface area (Å²) in [4.78, 5) is 23.0. The lowest BCUT2D eigenvalue weighted by molar-refractivity contribution is 0.101. The third kappa shape index (κ3) is 6.15. The number of Topliss-reactive ketones (excluding diaryl/α,β-unsaturated/α-hetero) is 1. The molecule has 0 amide bonds. The average Bonchev–Trinajstić information content (AvgIpc) is 2.86. The number of hydrogen-bond acceptors (Lipinski definition) is 7. The maximum absolute atomic E-state index is 12.6. The third-order valence-corrected chi connectivity index (χ3v) is 8.09. The van der Waals surface area contributed by atoms with Crippen molar-refractivity contribution in [1.82, 2.24) is 14.7 Å². The largest absolute Gasteiger partial charge is 0.362 e. The van der Waals surface area contributed by atoms with E-state index in [-0.39, 0.29) is 10.7 Å². The number of para-hydroxylation sites is 1. The molecule has 0 bridgehead atoms. The van der Waals surface area contributed by atoms with Crippen LogP contribution in [0.4, 0.5) is 11.8 Å². The summed E-state index contributed by atoms with van der Waals surface area (Å²) in [6.45, 7) is 2.69. The summed E-state index contributed by atoms with van der Waals surface area (Å²) >= 11 is 0. The highest BCUT2D eigenvalue weighted by Crippen LogP contribution is 2.29. The minimum absolute atomic E-state index is 0.0847. The molecule has 1 heterocycles. The molecular weight excluding hydrogens is 462 g/mol. The monoisotopic (exact) mass is 495 g/mol. The molecule has 8 nitrogen and oxygen atoms in total. The van der Waals surface area contributed by atoms with Gasteiger partial charge in [-0.05, 0) is 68.7 Å². The first-order valence-corrected chi connectivity index (χ1v) is 13.5. The van der Waals surface area contributed by atoms with Gasteiger partial charge in [-0.1, -0.05) is 24.3 Å². The van der Waals surface area contributed by atoms with Crippen LogP contribution in [0.3, 0.4) is 0 Å². The van der Waals surface area contributed by atoms with E-state index in [1.165, 1.54) is 19.1 Å². The van der Waals surface area contributed by atoms with Gasteiger partial charge in [0.1, 0.15) is 5.82 Å². The molecule has 1 aliphatic carbocycles. The van der Waals surface area contributed by atoms with E-state index in [1.54, 1.807) is 12.1 Å². The van der Waals surface area contributed by atoms with Gasteiger partial charge in [-0.15, -0.1) is 0 Å². The summed E-state index contributed by atoms with van der Waals surface area (Å²) in [6, 6.07) is 14.1. The molecule has 0 saturated heterocycles. The number of benzene rings is 2. The molecule has 4 rings (SSSR count). The van der Waals surface area contributed by atoms with Crippen LogP contribution in [-0.4, -0.2) is 51.4 Å². The number of ketones is 1. The number of carbonyl (C=O) groups is 1. The predicted octanol–water partition coefficient (Wildman–Crippen LogP) is 4.10. The topological polar surface area (TPSA) is 104 Å². The fourth-order valence-corrected chi connectivity index (χ4v) is 5.65. The fraction of sp³-hybridized carbons (Fsp3) is 0.423. The minimum atomic E-state index is -3.59. The van der Waals surface area contributed by atoms with E-state index in [0.29, 0.717) is 29.9 Å². The van der Waals surface area contributed by atoms with Gasteiger partial charge in [0.05, 0.1) is 10.4 Å². The van der Waals surface area contributed by atoms with Crippen molar-refractivity contribution in [2.45, 2.75) is 37.5 Å². The molecule has 0 spiro atoms. The summed E-state index contributed by atoms with van der Waals surface area (Å²) in [5.74, 6) is 2.26. The SMILES string of the molecule is CC(=O)c1ccc(S(=O)(=O)NCC2CCC(CNc3nc(N(C)C)c4ccccc4n3)CC2)cc1. The molecule has 2 aromatic carbocycles. The molecule has 3 aromatic rings. The van der Waals surface area contributed by atoms with Gasteiger partial charge in [-0.3, -0.25) is 4.79 Å². The second kappa shape index (κ2) is 10.7. The van der Waals surface area contributed by atoms with Crippen molar-refractivity contribution in [2.24, 2.45) is 11.8 Å². The third-order valence-electron chi connectivity index (χ3n) is 6.66. The van der Waals surface area contributed by atoms with Crippen molar-refractivity contribution in [2.75, 3.05) is 37.4 Å². The van der Waals surface area contributed by atoms with Gasteiger partial charge in [0.25, 0.3) is 0 Å². The average molecular weight is 496 g/mol. The van der Waals surface area contributed by atoms with Crippen LogP contribution in [0.1, 0.15) is 43.0 Å². The van der Waals surface area contributed by atoms with E-state index in [0.717, 1.165) is 48.9 Å². The zero-order valence-electron chi connectivity index (χ0n) is 20.5. The number of nitrogens with one attached hydrogen (secondary N) is 2. The summed E-state index contributed by atoms with van der Waals surface area (Å²) < 4.78 is 28.0. The van der Waals surface area contributed by atoms with Crippen molar-refractivity contribution >= 4 is 38.5 Å². The van der Waals surface area contributed by atoms with Crippen molar-refractivity contribution in [3.63, 3.8) is 0 Å². The van der Waals surface area contributed by atoms with E-state index >= 15 is 0 Å². The standard InChI is InChI=1S/C26H33N5O3S/c1-18(32)21-12-14-22(15-13-21)35(33,34)28-17-20-10-8-19(9-11-20)16-27-26-29-24-7-5-4-6-23(24)25(30-26)31(2)3/h4-7,12-15,19-20,28H,8-11,16-17H2,1-3H3,(H,27,29,30). The minimum Gasteiger partial charge on any atom is -0.362 e. The molecule has 0 unspecified atom stereocenters. The summed E-state index contributed by atoms with van der Waals surface area (Å²) in [5, 5.41) is 4.45. The highest BCUT2D eigenvalue weighted by molar-refractivity contribution is 7.89. The molecule has 0 aliphatic heterocycles. The van der Waals surface area contributed by atoms with E-state index in [4.69, 9.17) is 4.98 Å². The smallest absolute Gasteiger partial charge is 0.240 e. The van der Waals surface area contributed by atoms with Crippen LogP contribution in [-0.2, 0) is 10.0 Å². The Bertz CT molecular complexity index is 1280. The van der Waals surface area contributed by atoms with Gasteiger partial charge in [0, 0.05) is 38.1 Å². The molecule has 0 atom stereocenters. The Morgan fingerprint density at radius 2 is 1.57 bits per heavy atom. The van der Waals surface area contributed by atoms with E-state index < -0.39 is 10.0 Å². The Kier molecular flexibility index (Phi) is 7.66. The Hall–Kier alpha value is -3.04. The lowest BCUT2D eigenvalue weighted by atomic mass is 9.82. The first-order valence-electron chi connectivity index (χ1n) is 12.0. The Labute approximate surface area is 207 Å². The Morgan fingerprint density at radius 1 is 0.943 bits per heavy atom. The second-order valence-corrected chi connectivity index (χ2v) is 11.2.